The summed E-state index contributed by atoms with van der Waals surface area (Å²) in [7, 11) is 0. The van der Waals surface area contributed by atoms with E-state index >= 15 is 0 Å². The van der Waals surface area contributed by atoms with Crippen LogP contribution in [-0.2, 0) is 4.79 Å². The number of rotatable bonds is 4. The fourth-order valence-electron chi connectivity index (χ4n) is 2.36. The summed E-state index contributed by atoms with van der Waals surface area (Å²) in [6.07, 6.45) is 3.45. The Morgan fingerprint density at radius 3 is 2.86 bits per heavy atom. The Morgan fingerprint density at radius 1 is 1.64 bits per heavy atom. The predicted molar refractivity (Wildman–Crippen MR) is 54.8 cm³/mol. The van der Waals surface area contributed by atoms with Crippen LogP contribution in [0.15, 0.2) is 0 Å². The van der Waals surface area contributed by atoms with E-state index in [9.17, 15) is 4.79 Å². The summed E-state index contributed by atoms with van der Waals surface area (Å²) in [4.78, 5) is 13.8. The van der Waals surface area contributed by atoms with Gasteiger partial charge in [0.1, 0.15) is 5.54 Å². The Kier molecular flexibility index (Phi) is 2.49. The van der Waals surface area contributed by atoms with Crippen LogP contribution >= 0.6 is 0 Å². The maximum Gasteiger partial charge on any atom is 0.239 e. The molecule has 0 aromatic carbocycles. The number of nitrogens with zero attached hydrogens (tertiary/aromatic N) is 1. The lowest BCUT2D eigenvalue weighted by molar-refractivity contribution is -0.124. The van der Waals surface area contributed by atoms with Gasteiger partial charge in [-0.3, -0.25) is 9.69 Å². The third kappa shape index (κ3) is 1.64. The van der Waals surface area contributed by atoms with Gasteiger partial charge in [0.25, 0.3) is 0 Å². The molecule has 1 saturated heterocycles. The molecule has 0 aromatic rings. The van der Waals surface area contributed by atoms with Crippen molar-refractivity contribution in [2.75, 3.05) is 19.6 Å². The number of carbonyl (C=O) groups is 1. The van der Waals surface area contributed by atoms with Crippen molar-refractivity contribution < 1.29 is 4.79 Å². The number of hydrogen-bond acceptors (Lipinski definition) is 3. The summed E-state index contributed by atoms with van der Waals surface area (Å²) in [6, 6.07) is 0.731. The Labute approximate surface area is 84.8 Å². The van der Waals surface area contributed by atoms with Gasteiger partial charge in [-0.25, -0.2) is 0 Å². The molecule has 0 spiro atoms. The molecule has 0 aromatic heterocycles. The van der Waals surface area contributed by atoms with Gasteiger partial charge in [0, 0.05) is 19.1 Å². The molecule has 4 heteroatoms. The van der Waals surface area contributed by atoms with E-state index in [4.69, 9.17) is 5.73 Å². The molecule has 0 radical (unpaired) electrons. The van der Waals surface area contributed by atoms with E-state index in [0.29, 0.717) is 0 Å². The Hall–Kier alpha value is -0.610. The third-order valence-electron chi connectivity index (χ3n) is 3.35. The summed E-state index contributed by atoms with van der Waals surface area (Å²) in [5, 5.41) is 3.25. The first-order valence-electron chi connectivity index (χ1n) is 5.47. The summed E-state index contributed by atoms with van der Waals surface area (Å²) in [5.74, 6) is -0.192. The van der Waals surface area contributed by atoms with Crippen molar-refractivity contribution in [2.45, 2.75) is 37.8 Å². The van der Waals surface area contributed by atoms with Gasteiger partial charge in [-0.1, -0.05) is 6.92 Å². The van der Waals surface area contributed by atoms with Gasteiger partial charge in [0.05, 0.1) is 0 Å². The molecule has 1 saturated carbocycles. The van der Waals surface area contributed by atoms with Crippen molar-refractivity contribution in [3.05, 3.63) is 0 Å². The summed E-state index contributed by atoms with van der Waals surface area (Å²) in [6.45, 7) is 4.65. The first kappa shape index (κ1) is 9.93. The minimum Gasteiger partial charge on any atom is -0.368 e. The molecular formula is C10H19N3O. The van der Waals surface area contributed by atoms with Gasteiger partial charge in [0.15, 0.2) is 0 Å². The van der Waals surface area contributed by atoms with Crippen molar-refractivity contribution in [2.24, 2.45) is 5.73 Å². The fourth-order valence-corrected chi connectivity index (χ4v) is 2.36. The standard InChI is InChI=1S/C10H19N3O/c1-2-12-10(9(11)14)5-6-13(7-10)8-3-4-8/h8,12H,2-7H2,1H3,(H2,11,14). The fraction of sp³-hybridized carbons (Fsp3) is 0.900. The number of amides is 1. The second-order valence-corrected chi connectivity index (χ2v) is 4.43. The number of primary amides is 1. The number of nitrogens with one attached hydrogen (secondary N) is 1. The van der Waals surface area contributed by atoms with Crippen LogP contribution < -0.4 is 11.1 Å². The van der Waals surface area contributed by atoms with Crippen LogP contribution in [0.3, 0.4) is 0 Å². The van der Waals surface area contributed by atoms with Crippen LogP contribution in [0.25, 0.3) is 0 Å². The van der Waals surface area contributed by atoms with Crippen LogP contribution in [0.1, 0.15) is 26.2 Å². The number of carbonyl (C=O) groups excluding carboxylic acids is 1. The second kappa shape index (κ2) is 3.51. The zero-order valence-electron chi connectivity index (χ0n) is 8.75. The molecule has 4 nitrogen and oxygen atoms in total. The van der Waals surface area contributed by atoms with Crippen molar-refractivity contribution in [3.8, 4) is 0 Å². The number of likely N-dealkylation sites (N-methyl/N-ethyl adjacent to an activating group) is 1. The molecule has 1 aliphatic heterocycles. The van der Waals surface area contributed by atoms with E-state index in [-0.39, 0.29) is 5.91 Å². The number of nitrogens with two attached hydrogens (primary N) is 1. The molecule has 0 bridgehead atoms. The lowest BCUT2D eigenvalue weighted by Crippen LogP contribution is -2.57. The first-order chi connectivity index (χ1) is 6.68. The van der Waals surface area contributed by atoms with E-state index in [0.717, 1.165) is 32.1 Å². The molecule has 3 N–H and O–H groups in total. The van der Waals surface area contributed by atoms with E-state index in [2.05, 4.69) is 10.2 Å². The molecule has 1 unspecified atom stereocenters. The summed E-state index contributed by atoms with van der Waals surface area (Å²) < 4.78 is 0. The first-order valence-corrected chi connectivity index (χ1v) is 5.47. The Morgan fingerprint density at radius 2 is 2.36 bits per heavy atom. The van der Waals surface area contributed by atoms with E-state index in [1.807, 2.05) is 6.92 Å². The molecule has 2 aliphatic rings. The monoisotopic (exact) mass is 197 g/mol. The van der Waals surface area contributed by atoms with Gasteiger partial charge in [-0.15, -0.1) is 0 Å². The zero-order chi connectivity index (χ0) is 10.2. The normalized spacial score (nSPS) is 33.5. The minimum absolute atomic E-state index is 0.192. The Balaban J connectivity index is 2.02. The predicted octanol–water partition coefficient (Wildman–Crippen LogP) is -0.312. The molecule has 14 heavy (non-hydrogen) atoms. The van der Waals surface area contributed by atoms with Crippen LogP contribution in [0.4, 0.5) is 0 Å². The van der Waals surface area contributed by atoms with E-state index in [1.54, 1.807) is 0 Å². The van der Waals surface area contributed by atoms with Crippen LogP contribution in [0.5, 0.6) is 0 Å². The minimum atomic E-state index is -0.447. The molecule has 1 heterocycles. The SMILES string of the molecule is CCNC1(C(N)=O)CCN(C2CC2)C1. The molecule has 1 atom stereocenters. The molecule has 2 rings (SSSR count). The van der Waals surface area contributed by atoms with Gasteiger partial charge in [0.2, 0.25) is 5.91 Å². The number of hydrogen-bond donors (Lipinski definition) is 2. The number of likely N-dealkylation sites (tertiary alicyclic amines) is 1. The van der Waals surface area contributed by atoms with Gasteiger partial charge < -0.3 is 11.1 Å². The van der Waals surface area contributed by atoms with Crippen molar-refractivity contribution >= 4 is 5.91 Å². The van der Waals surface area contributed by atoms with Crippen LogP contribution in [-0.4, -0.2) is 42.0 Å². The highest BCUT2D eigenvalue weighted by Gasteiger charge is 2.46. The molecule has 2 fully saturated rings. The highest BCUT2D eigenvalue weighted by atomic mass is 16.1. The van der Waals surface area contributed by atoms with E-state index < -0.39 is 5.54 Å². The van der Waals surface area contributed by atoms with Gasteiger partial charge in [-0.05, 0) is 25.8 Å². The van der Waals surface area contributed by atoms with E-state index in [1.165, 1.54) is 12.8 Å². The summed E-state index contributed by atoms with van der Waals surface area (Å²) in [5.41, 5.74) is 5.03. The van der Waals surface area contributed by atoms with Gasteiger partial charge >= 0.3 is 0 Å². The maximum absolute atomic E-state index is 11.4. The van der Waals surface area contributed by atoms with Crippen molar-refractivity contribution in [1.29, 1.82) is 0 Å². The lowest BCUT2D eigenvalue weighted by atomic mass is 9.98. The maximum atomic E-state index is 11.4. The van der Waals surface area contributed by atoms with Crippen LogP contribution in [0.2, 0.25) is 0 Å². The highest BCUT2D eigenvalue weighted by Crippen LogP contribution is 2.33. The largest absolute Gasteiger partial charge is 0.368 e. The highest BCUT2D eigenvalue weighted by molar-refractivity contribution is 5.85. The molecule has 80 valence electrons. The zero-order valence-corrected chi connectivity index (χ0v) is 8.75. The molecule has 1 aliphatic carbocycles. The average Bonchev–Trinajstić information content (AvgIpc) is 2.89. The van der Waals surface area contributed by atoms with Gasteiger partial charge in [-0.2, -0.15) is 0 Å². The smallest absolute Gasteiger partial charge is 0.239 e. The average molecular weight is 197 g/mol. The second-order valence-electron chi connectivity index (χ2n) is 4.43. The molecular weight excluding hydrogens is 178 g/mol. The quantitative estimate of drug-likeness (QED) is 0.650. The third-order valence-corrected chi connectivity index (χ3v) is 3.35. The topological polar surface area (TPSA) is 58.4 Å². The Bertz CT molecular complexity index is 240. The lowest BCUT2D eigenvalue weighted by Gasteiger charge is -2.26. The summed E-state index contributed by atoms with van der Waals surface area (Å²) >= 11 is 0. The van der Waals surface area contributed by atoms with Crippen molar-refractivity contribution in [3.63, 3.8) is 0 Å². The molecule has 1 amide bonds. The van der Waals surface area contributed by atoms with Crippen LogP contribution in [0, 0.1) is 0 Å². The van der Waals surface area contributed by atoms with Crippen molar-refractivity contribution in [1.82, 2.24) is 10.2 Å².